The molecule has 0 spiro atoms. The van der Waals surface area contributed by atoms with Gasteiger partial charge in [0, 0.05) is 12.3 Å². The number of unbranched alkanes of at least 4 members (excludes halogenated alkanes) is 1. The Bertz CT molecular complexity index is 90.3. The molecule has 0 amide bonds. The molecule has 0 bridgehead atoms. The molecular formula is C8H14. The molecule has 0 aliphatic rings. The van der Waals surface area contributed by atoms with Crippen molar-refractivity contribution in [1.29, 1.82) is 0 Å². The maximum absolute atomic E-state index is 3.10. The fraction of sp³-hybridized carbons (Fsp3) is 0.750. The third kappa shape index (κ3) is 5.56. The fourth-order valence-electron chi connectivity index (χ4n) is 0.401. The van der Waals surface area contributed by atoms with Crippen molar-refractivity contribution >= 4 is 0 Å². The smallest absolute Gasteiger partial charge is 0.0146 e. The van der Waals surface area contributed by atoms with E-state index in [0.29, 0.717) is 5.92 Å². The van der Waals surface area contributed by atoms with Crippen LogP contribution in [0.5, 0.6) is 0 Å². The van der Waals surface area contributed by atoms with Crippen LogP contribution < -0.4 is 0 Å². The third-order valence-electron chi connectivity index (χ3n) is 0.766. The van der Waals surface area contributed by atoms with Crippen molar-refractivity contribution in [2.24, 2.45) is 5.92 Å². The van der Waals surface area contributed by atoms with Crippen LogP contribution in [0.2, 0.25) is 0 Å². The van der Waals surface area contributed by atoms with Crippen molar-refractivity contribution in [3.05, 3.63) is 0 Å². The zero-order valence-corrected chi connectivity index (χ0v) is 5.99. The van der Waals surface area contributed by atoms with Crippen molar-refractivity contribution in [3.63, 3.8) is 0 Å². The van der Waals surface area contributed by atoms with Gasteiger partial charge in [0.05, 0.1) is 0 Å². The molecule has 0 heterocycles. The van der Waals surface area contributed by atoms with E-state index in [1.165, 1.54) is 6.42 Å². The Labute approximate surface area is 52.3 Å². The van der Waals surface area contributed by atoms with Gasteiger partial charge in [-0.3, -0.25) is 0 Å². The molecule has 0 heteroatoms. The van der Waals surface area contributed by atoms with Gasteiger partial charge in [-0.2, -0.15) is 0 Å². The second-order valence-corrected chi connectivity index (χ2v) is 2.23. The summed E-state index contributed by atoms with van der Waals surface area (Å²) < 4.78 is 0. The van der Waals surface area contributed by atoms with Gasteiger partial charge in [-0.05, 0) is 6.42 Å². The molecule has 0 aromatic carbocycles. The normalized spacial score (nSPS) is 8.50. The summed E-state index contributed by atoms with van der Waals surface area (Å²) in [5.74, 6) is 6.72. The van der Waals surface area contributed by atoms with E-state index in [9.17, 15) is 0 Å². The van der Waals surface area contributed by atoms with Crippen molar-refractivity contribution in [3.8, 4) is 11.8 Å². The van der Waals surface area contributed by atoms with Gasteiger partial charge in [0.1, 0.15) is 0 Å². The van der Waals surface area contributed by atoms with Crippen molar-refractivity contribution < 1.29 is 0 Å². The lowest BCUT2D eigenvalue weighted by Gasteiger charge is -1.85. The maximum atomic E-state index is 3.10. The first-order valence-electron chi connectivity index (χ1n) is 3.25. The Morgan fingerprint density at radius 2 is 2.00 bits per heavy atom. The predicted molar refractivity (Wildman–Crippen MR) is 37.5 cm³/mol. The van der Waals surface area contributed by atoms with Crippen LogP contribution >= 0.6 is 0 Å². The first-order chi connectivity index (χ1) is 3.77. The molecule has 0 N–H and O–H groups in total. The summed E-state index contributed by atoms with van der Waals surface area (Å²) in [6.45, 7) is 6.38. The van der Waals surface area contributed by atoms with Crippen LogP contribution in [0.15, 0.2) is 0 Å². The number of rotatable bonds is 1. The molecule has 0 atom stereocenters. The van der Waals surface area contributed by atoms with Crippen molar-refractivity contribution in [2.75, 3.05) is 0 Å². The van der Waals surface area contributed by atoms with Gasteiger partial charge in [0.2, 0.25) is 0 Å². The SMILES string of the molecule is CCCC#CC(C)C. The molecule has 0 aromatic rings. The summed E-state index contributed by atoms with van der Waals surface area (Å²) in [5, 5.41) is 0. The van der Waals surface area contributed by atoms with E-state index in [1.807, 2.05) is 0 Å². The summed E-state index contributed by atoms with van der Waals surface area (Å²) in [6.07, 6.45) is 2.23. The standard InChI is InChI=1S/C8H14/c1-4-5-6-7-8(2)3/h8H,4-5H2,1-3H3. The molecule has 0 radical (unpaired) electrons. The molecule has 0 fully saturated rings. The largest absolute Gasteiger partial charge is 0.103 e. The second kappa shape index (κ2) is 4.71. The highest BCUT2D eigenvalue weighted by Crippen LogP contribution is 1.88. The zero-order chi connectivity index (χ0) is 6.41. The summed E-state index contributed by atoms with van der Waals surface area (Å²) in [4.78, 5) is 0. The van der Waals surface area contributed by atoms with E-state index in [4.69, 9.17) is 0 Å². The van der Waals surface area contributed by atoms with Gasteiger partial charge in [0.15, 0.2) is 0 Å². The quantitative estimate of drug-likeness (QED) is 0.455. The summed E-state index contributed by atoms with van der Waals surface area (Å²) in [5.41, 5.74) is 0. The van der Waals surface area contributed by atoms with E-state index < -0.39 is 0 Å². The van der Waals surface area contributed by atoms with Crippen molar-refractivity contribution in [2.45, 2.75) is 33.6 Å². The predicted octanol–water partition coefficient (Wildman–Crippen LogP) is 2.45. The molecule has 8 heavy (non-hydrogen) atoms. The fourth-order valence-corrected chi connectivity index (χ4v) is 0.401. The molecule has 0 aliphatic heterocycles. The lowest BCUT2D eigenvalue weighted by Crippen LogP contribution is -1.76. The van der Waals surface area contributed by atoms with Crippen LogP contribution in [0.25, 0.3) is 0 Å². The summed E-state index contributed by atoms with van der Waals surface area (Å²) in [7, 11) is 0. The van der Waals surface area contributed by atoms with Crippen LogP contribution in [0.3, 0.4) is 0 Å². The average molecular weight is 110 g/mol. The van der Waals surface area contributed by atoms with E-state index in [0.717, 1.165) is 6.42 Å². The zero-order valence-electron chi connectivity index (χ0n) is 5.99. The highest BCUT2D eigenvalue weighted by atomic mass is 13.8. The van der Waals surface area contributed by atoms with E-state index in [-0.39, 0.29) is 0 Å². The molecule has 0 saturated carbocycles. The number of hydrogen-bond donors (Lipinski definition) is 0. The molecule has 46 valence electrons. The van der Waals surface area contributed by atoms with E-state index >= 15 is 0 Å². The molecule has 0 aromatic heterocycles. The molecule has 0 rings (SSSR count). The van der Waals surface area contributed by atoms with Crippen LogP contribution in [0.1, 0.15) is 33.6 Å². The van der Waals surface area contributed by atoms with Crippen molar-refractivity contribution in [1.82, 2.24) is 0 Å². The van der Waals surface area contributed by atoms with Gasteiger partial charge in [0.25, 0.3) is 0 Å². The van der Waals surface area contributed by atoms with Gasteiger partial charge in [-0.1, -0.05) is 20.8 Å². The van der Waals surface area contributed by atoms with Gasteiger partial charge in [-0.25, -0.2) is 0 Å². The monoisotopic (exact) mass is 110 g/mol. The summed E-state index contributed by atoms with van der Waals surface area (Å²) >= 11 is 0. The van der Waals surface area contributed by atoms with Gasteiger partial charge >= 0.3 is 0 Å². The Balaban J connectivity index is 3.20. The molecular weight excluding hydrogens is 96.1 g/mol. The average Bonchev–Trinajstić information content (AvgIpc) is 1.66. The molecule has 0 aliphatic carbocycles. The van der Waals surface area contributed by atoms with Crippen LogP contribution in [-0.4, -0.2) is 0 Å². The minimum atomic E-state index is 0.543. The van der Waals surface area contributed by atoms with E-state index in [1.54, 1.807) is 0 Å². The minimum Gasteiger partial charge on any atom is -0.103 e. The summed E-state index contributed by atoms with van der Waals surface area (Å²) in [6, 6.07) is 0. The van der Waals surface area contributed by atoms with Crippen LogP contribution in [0, 0.1) is 17.8 Å². The van der Waals surface area contributed by atoms with E-state index in [2.05, 4.69) is 32.6 Å². The topological polar surface area (TPSA) is 0 Å². The highest BCUT2D eigenvalue weighted by molar-refractivity contribution is 5.00. The highest BCUT2D eigenvalue weighted by Gasteiger charge is 1.78. The Hall–Kier alpha value is -0.440. The van der Waals surface area contributed by atoms with Gasteiger partial charge < -0.3 is 0 Å². The first kappa shape index (κ1) is 7.56. The first-order valence-corrected chi connectivity index (χ1v) is 3.25. The Morgan fingerprint density at radius 3 is 2.38 bits per heavy atom. The third-order valence-corrected chi connectivity index (χ3v) is 0.766. The Kier molecular flexibility index (Phi) is 4.45. The number of hydrogen-bond acceptors (Lipinski definition) is 0. The van der Waals surface area contributed by atoms with Gasteiger partial charge in [-0.15, -0.1) is 11.8 Å². The van der Waals surface area contributed by atoms with Crippen LogP contribution in [0.4, 0.5) is 0 Å². The molecule has 0 unspecified atom stereocenters. The lowest BCUT2D eigenvalue weighted by molar-refractivity contribution is 0.861. The lowest BCUT2D eigenvalue weighted by atomic mass is 10.2. The maximum Gasteiger partial charge on any atom is 0.0146 e. The molecule has 0 saturated heterocycles. The Morgan fingerprint density at radius 1 is 1.38 bits per heavy atom. The van der Waals surface area contributed by atoms with Crippen LogP contribution in [-0.2, 0) is 0 Å². The minimum absolute atomic E-state index is 0.543. The molecule has 0 nitrogen and oxygen atoms in total. The second-order valence-electron chi connectivity index (χ2n) is 2.23.